The van der Waals surface area contributed by atoms with Gasteiger partial charge in [-0.15, -0.1) is 11.3 Å². The van der Waals surface area contributed by atoms with Gasteiger partial charge in [-0.05, 0) is 24.5 Å². The first-order valence-electron chi connectivity index (χ1n) is 7.14. The van der Waals surface area contributed by atoms with Crippen molar-refractivity contribution in [3.8, 4) is 0 Å². The van der Waals surface area contributed by atoms with E-state index in [0.29, 0.717) is 18.5 Å². The molecule has 0 spiro atoms. The van der Waals surface area contributed by atoms with E-state index in [1.807, 2.05) is 11.3 Å². The highest BCUT2D eigenvalue weighted by Crippen LogP contribution is 2.28. The van der Waals surface area contributed by atoms with Crippen LogP contribution in [0.3, 0.4) is 0 Å². The standard InChI is InChI=1S/C15H28N2OS/c1-5-13-6-7-15(19-13)14(10-16)17(8-9-18-4)11-12(2)3/h6-7,12,14H,5,8-11,16H2,1-4H3. The van der Waals surface area contributed by atoms with Crippen molar-refractivity contribution in [1.29, 1.82) is 0 Å². The summed E-state index contributed by atoms with van der Waals surface area (Å²) in [6, 6.07) is 4.79. The maximum Gasteiger partial charge on any atom is 0.0589 e. The SMILES string of the molecule is CCc1ccc(C(CN)N(CCOC)CC(C)C)s1. The molecular weight excluding hydrogens is 256 g/mol. The van der Waals surface area contributed by atoms with Gasteiger partial charge < -0.3 is 10.5 Å². The third-order valence-corrected chi connectivity index (χ3v) is 4.54. The molecule has 1 aromatic heterocycles. The maximum atomic E-state index is 6.03. The predicted molar refractivity (Wildman–Crippen MR) is 83.8 cm³/mol. The summed E-state index contributed by atoms with van der Waals surface area (Å²) in [4.78, 5) is 5.28. The van der Waals surface area contributed by atoms with Gasteiger partial charge in [0, 0.05) is 36.5 Å². The minimum Gasteiger partial charge on any atom is -0.383 e. The Morgan fingerprint density at radius 1 is 1.37 bits per heavy atom. The molecule has 1 unspecified atom stereocenters. The molecule has 0 fully saturated rings. The maximum absolute atomic E-state index is 6.03. The van der Waals surface area contributed by atoms with Gasteiger partial charge >= 0.3 is 0 Å². The van der Waals surface area contributed by atoms with Gasteiger partial charge in [0.2, 0.25) is 0 Å². The highest BCUT2D eigenvalue weighted by molar-refractivity contribution is 7.12. The van der Waals surface area contributed by atoms with E-state index in [1.54, 1.807) is 7.11 Å². The predicted octanol–water partition coefficient (Wildman–Crippen LogP) is 2.91. The van der Waals surface area contributed by atoms with Gasteiger partial charge in [-0.2, -0.15) is 0 Å². The van der Waals surface area contributed by atoms with Crippen LogP contribution in [0.25, 0.3) is 0 Å². The number of thiophene rings is 1. The summed E-state index contributed by atoms with van der Waals surface area (Å²) in [5.74, 6) is 0.636. The Bertz CT molecular complexity index is 352. The van der Waals surface area contributed by atoms with Gasteiger partial charge in [-0.1, -0.05) is 20.8 Å². The van der Waals surface area contributed by atoms with Crippen molar-refractivity contribution in [2.24, 2.45) is 11.7 Å². The van der Waals surface area contributed by atoms with E-state index in [0.717, 1.165) is 26.1 Å². The summed E-state index contributed by atoms with van der Waals surface area (Å²) in [7, 11) is 1.76. The van der Waals surface area contributed by atoms with Crippen LogP contribution in [-0.2, 0) is 11.2 Å². The van der Waals surface area contributed by atoms with Gasteiger partial charge in [-0.3, -0.25) is 4.90 Å². The normalized spacial score (nSPS) is 13.4. The number of nitrogens with zero attached hydrogens (tertiary/aromatic N) is 1. The molecule has 0 aliphatic carbocycles. The summed E-state index contributed by atoms with van der Waals surface area (Å²) in [6.45, 7) is 10.1. The van der Waals surface area contributed by atoms with Gasteiger partial charge in [0.05, 0.1) is 12.6 Å². The lowest BCUT2D eigenvalue weighted by atomic mass is 10.1. The number of aryl methyl sites for hydroxylation is 1. The summed E-state index contributed by atoms with van der Waals surface area (Å²) < 4.78 is 5.23. The second kappa shape index (κ2) is 8.69. The van der Waals surface area contributed by atoms with Crippen molar-refractivity contribution in [1.82, 2.24) is 4.90 Å². The van der Waals surface area contributed by atoms with Crippen LogP contribution in [0.5, 0.6) is 0 Å². The van der Waals surface area contributed by atoms with E-state index in [4.69, 9.17) is 10.5 Å². The molecule has 0 saturated heterocycles. The van der Waals surface area contributed by atoms with Crippen molar-refractivity contribution < 1.29 is 4.74 Å². The highest BCUT2D eigenvalue weighted by atomic mass is 32.1. The summed E-state index contributed by atoms with van der Waals surface area (Å²) in [6.07, 6.45) is 1.10. The van der Waals surface area contributed by atoms with Crippen LogP contribution in [0.1, 0.15) is 36.6 Å². The molecule has 2 N–H and O–H groups in total. The van der Waals surface area contributed by atoms with Crippen molar-refractivity contribution >= 4 is 11.3 Å². The van der Waals surface area contributed by atoms with Crippen molar-refractivity contribution in [2.45, 2.75) is 33.2 Å². The number of nitrogens with two attached hydrogens (primary N) is 1. The molecule has 1 aromatic rings. The van der Waals surface area contributed by atoms with E-state index in [9.17, 15) is 0 Å². The van der Waals surface area contributed by atoms with E-state index in [1.165, 1.54) is 9.75 Å². The molecule has 19 heavy (non-hydrogen) atoms. The Morgan fingerprint density at radius 3 is 2.58 bits per heavy atom. The number of hydrogen-bond donors (Lipinski definition) is 1. The van der Waals surface area contributed by atoms with Crippen LogP contribution in [0.4, 0.5) is 0 Å². The Morgan fingerprint density at radius 2 is 2.11 bits per heavy atom. The molecule has 1 heterocycles. The van der Waals surface area contributed by atoms with Crippen molar-refractivity contribution in [2.75, 3.05) is 33.4 Å². The Hall–Kier alpha value is -0.420. The molecule has 1 rings (SSSR count). The van der Waals surface area contributed by atoms with Crippen LogP contribution in [0.2, 0.25) is 0 Å². The zero-order chi connectivity index (χ0) is 14.3. The first kappa shape index (κ1) is 16.6. The molecule has 0 aliphatic heterocycles. The first-order valence-corrected chi connectivity index (χ1v) is 7.95. The largest absolute Gasteiger partial charge is 0.383 e. The molecule has 0 aliphatic rings. The summed E-state index contributed by atoms with van der Waals surface area (Å²) >= 11 is 1.89. The fraction of sp³-hybridized carbons (Fsp3) is 0.733. The van der Waals surface area contributed by atoms with Crippen LogP contribution in [-0.4, -0.2) is 38.3 Å². The number of hydrogen-bond acceptors (Lipinski definition) is 4. The molecular formula is C15H28N2OS. The molecule has 110 valence electrons. The number of methoxy groups -OCH3 is 1. The molecule has 0 bridgehead atoms. The third-order valence-electron chi connectivity index (χ3n) is 3.21. The molecule has 0 aromatic carbocycles. The minimum absolute atomic E-state index is 0.322. The van der Waals surface area contributed by atoms with E-state index >= 15 is 0 Å². The molecule has 4 heteroatoms. The zero-order valence-corrected chi connectivity index (χ0v) is 13.5. The number of rotatable bonds is 9. The van der Waals surface area contributed by atoms with Gasteiger partial charge in [0.1, 0.15) is 0 Å². The fourth-order valence-electron chi connectivity index (χ4n) is 2.26. The third kappa shape index (κ3) is 5.22. The quantitative estimate of drug-likeness (QED) is 0.758. The van der Waals surface area contributed by atoms with E-state index in [2.05, 4.69) is 37.8 Å². The topological polar surface area (TPSA) is 38.5 Å². The number of ether oxygens (including phenoxy) is 1. The lowest BCUT2D eigenvalue weighted by Gasteiger charge is -2.31. The minimum atomic E-state index is 0.322. The van der Waals surface area contributed by atoms with Gasteiger partial charge in [0.25, 0.3) is 0 Å². The summed E-state index contributed by atoms with van der Waals surface area (Å²) in [5, 5.41) is 0. The van der Waals surface area contributed by atoms with E-state index < -0.39 is 0 Å². The Labute approximate surface area is 121 Å². The lowest BCUT2D eigenvalue weighted by Crippen LogP contribution is -2.38. The highest BCUT2D eigenvalue weighted by Gasteiger charge is 2.21. The average Bonchev–Trinajstić information content (AvgIpc) is 2.84. The molecule has 0 radical (unpaired) electrons. The molecule has 0 saturated carbocycles. The van der Waals surface area contributed by atoms with Crippen molar-refractivity contribution in [3.05, 3.63) is 21.9 Å². The smallest absolute Gasteiger partial charge is 0.0589 e. The molecule has 1 atom stereocenters. The van der Waals surface area contributed by atoms with Crippen LogP contribution in [0.15, 0.2) is 12.1 Å². The Balaban J connectivity index is 2.81. The molecule has 0 amide bonds. The van der Waals surface area contributed by atoms with Gasteiger partial charge in [0.15, 0.2) is 0 Å². The average molecular weight is 284 g/mol. The first-order chi connectivity index (χ1) is 9.12. The Kier molecular flexibility index (Phi) is 7.61. The van der Waals surface area contributed by atoms with Crippen LogP contribution >= 0.6 is 11.3 Å². The zero-order valence-electron chi connectivity index (χ0n) is 12.7. The van der Waals surface area contributed by atoms with Crippen molar-refractivity contribution in [3.63, 3.8) is 0 Å². The second-order valence-electron chi connectivity index (χ2n) is 5.29. The van der Waals surface area contributed by atoms with E-state index in [-0.39, 0.29) is 0 Å². The second-order valence-corrected chi connectivity index (χ2v) is 6.49. The summed E-state index contributed by atoms with van der Waals surface area (Å²) in [5.41, 5.74) is 6.03. The fourth-order valence-corrected chi connectivity index (χ4v) is 3.36. The monoisotopic (exact) mass is 284 g/mol. The molecule has 3 nitrogen and oxygen atoms in total. The van der Waals surface area contributed by atoms with Crippen LogP contribution < -0.4 is 5.73 Å². The van der Waals surface area contributed by atoms with Crippen LogP contribution in [0, 0.1) is 5.92 Å². The lowest BCUT2D eigenvalue weighted by molar-refractivity contribution is 0.113. The van der Waals surface area contributed by atoms with Gasteiger partial charge in [-0.25, -0.2) is 0 Å².